The van der Waals surface area contributed by atoms with E-state index in [1.165, 1.54) is 22.5 Å². The van der Waals surface area contributed by atoms with Gasteiger partial charge in [-0.05, 0) is 59.3 Å². The van der Waals surface area contributed by atoms with Crippen molar-refractivity contribution in [2.45, 2.75) is 38.8 Å². The quantitative estimate of drug-likeness (QED) is 0.503. The summed E-state index contributed by atoms with van der Waals surface area (Å²) in [6, 6.07) is 17.2. The summed E-state index contributed by atoms with van der Waals surface area (Å²) in [4.78, 5) is 4.79. The number of benzene rings is 2. The van der Waals surface area contributed by atoms with E-state index in [9.17, 15) is 0 Å². The Morgan fingerprint density at radius 3 is 2.09 bits per heavy atom. The first kappa shape index (κ1) is 19.8. The number of rotatable bonds is 5. The van der Waals surface area contributed by atoms with Gasteiger partial charge in [-0.3, -0.25) is 0 Å². The fraction of sp³-hybridized carbons (Fsp3) is 0.333. The molecular weight excluding hydrogens is 416 g/mol. The van der Waals surface area contributed by atoms with Crippen LogP contribution in [0.4, 0.5) is 17.2 Å². The normalized spacial score (nSPS) is 15.4. The van der Waals surface area contributed by atoms with Crippen LogP contribution in [0.5, 0.6) is 0 Å². The van der Waals surface area contributed by atoms with Crippen LogP contribution in [0.3, 0.4) is 0 Å². The molecule has 6 rings (SSSR count). The average molecular weight is 443 g/mol. The molecule has 2 aromatic heterocycles. The second-order valence-corrected chi connectivity index (χ2v) is 8.68. The number of nitrogens with two attached hydrogens (primary N) is 1. The molecule has 0 atom stereocenters. The van der Waals surface area contributed by atoms with E-state index in [2.05, 4.69) is 79.0 Å². The van der Waals surface area contributed by atoms with Crippen LogP contribution in [-0.4, -0.2) is 38.4 Å². The SMILES string of the molecule is Nc1nonc1-n1nnc(CN2CCCc3ccccc32)c1CN1CCCc2ccccc21. The Balaban J connectivity index is 1.38. The molecule has 9 nitrogen and oxygen atoms in total. The lowest BCUT2D eigenvalue weighted by Gasteiger charge is -2.33. The Morgan fingerprint density at radius 2 is 1.45 bits per heavy atom. The van der Waals surface area contributed by atoms with Crippen molar-refractivity contribution >= 4 is 17.2 Å². The maximum atomic E-state index is 6.03. The molecule has 4 heterocycles. The van der Waals surface area contributed by atoms with Crippen molar-refractivity contribution in [3.05, 3.63) is 71.0 Å². The van der Waals surface area contributed by atoms with Gasteiger partial charge in [-0.2, -0.15) is 4.68 Å². The Morgan fingerprint density at radius 1 is 0.818 bits per heavy atom. The first-order valence-corrected chi connectivity index (χ1v) is 11.5. The summed E-state index contributed by atoms with van der Waals surface area (Å²) < 4.78 is 6.56. The second kappa shape index (κ2) is 8.23. The Bertz CT molecular complexity index is 1280. The minimum Gasteiger partial charge on any atom is -0.378 e. The van der Waals surface area contributed by atoms with E-state index >= 15 is 0 Å². The highest BCUT2D eigenvalue weighted by Gasteiger charge is 2.26. The van der Waals surface area contributed by atoms with E-state index in [4.69, 9.17) is 10.4 Å². The fourth-order valence-electron chi connectivity index (χ4n) is 5.03. The molecule has 0 fully saturated rings. The molecule has 0 amide bonds. The summed E-state index contributed by atoms with van der Waals surface area (Å²) in [6.07, 6.45) is 4.45. The Labute approximate surface area is 191 Å². The van der Waals surface area contributed by atoms with Gasteiger partial charge in [0.2, 0.25) is 11.6 Å². The Kier molecular flexibility index (Phi) is 4.93. The van der Waals surface area contributed by atoms with Crippen LogP contribution in [0.25, 0.3) is 5.82 Å². The molecule has 0 saturated heterocycles. The zero-order valence-electron chi connectivity index (χ0n) is 18.4. The zero-order valence-corrected chi connectivity index (χ0v) is 18.4. The van der Waals surface area contributed by atoms with Crippen molar-refractivity contribution < 1.29 is 4.63 Å². The number of nitrogens with zero attached hydrogens (tertiary/aromatic N) is 7. The number of anilines is 3. The Hall–Kier alpha value is -3.88. The topological polar surface area (TPSA) is 102 Å². The number of aryl methyl sites for hydroxylation is 2. The van der Waals surface area contributed by atoms with Gasteiger partial charge in [0.25, 0.3) is 0 Å². The summed E-state index contributed by atoms with van der Waals surface area (Å²) in [6.45, 7) is 3.29. The van der Waals surface area contributed by atoms with Crippen LogP contribution in [0.15, 0.2) is 53.2 Å². The van der Waals surface area contributed by atoms with Crippen molar-refractivity contribution in [1.82, 2.24) is 25.3 Å². The van der Waals surface area contributed by atoms with Crippen molar-refractivity contribution in [3.63, 3.8) is 0 Å². The van der Waals surface area contributed by atoms with Crippen molar-refractivity contribution in [2.24, 2.45) is 0 Å². The highest BCUT2D eigenvalue weighted by molar-refractivity contribution is 5.57. The summed E-state index contributed by atoms with van der Waals surface area (Å²) in [7, 11) is 0. The van der Waals surface area contributed by atoms with Crippen molar-refractivity contribution in [2.75, 3.05) is 28.6 Å². The highest BCUT2D eigenvalue weighted by Crippen LogP contribution is 2.31. The third kappa shape index (κ3) is 3.59. The number of nitrogen functional groups attached to an aromatic ring is 1. The van der Waals surface area contributed by atoms with E-state index in [1.54, 1.807) is 4.68 Å². The van der Waals surface area contributed by atoms with Crippen LogP contribution in [0, 0.1) is 0 Å². The molecule has 2 aliphatic heterocycles. The lowest BCUT2D eigenvalue weighted by Crippen LogP contribution is -2.32. The molecule has 4 aromatic rings. The molecule has 2 aliphatic rings. The third-order valence-corrected chi connectivity index (χ3v) is 6.63. The van der Waals surface area contributed by atoms with E-state index in [0.29, 0.717) is 18.9 Å². The van der Waals surface area contributed by atoms with Crippen molar-refractivity contribution in [3.8, 4) is 5.82 Å². The average Bonchev–Trinajstić information content (AvgIpc) is 3.45. The minimum absolute atomic E-state index is 0.204. The molecule has 0 bridgehead atoms. The molecule has 0 radical (unpaired) electrons. The van der Waals surface area contributed by atoms with E-state index < -0.39 is 0 Å². The maximum Gasteiger partial charge on any atom is 0.243 e. The van der Waals surface area contributed by atoms with Crippen LogP contribution < -0.4 is 15.5 Å². The summed E-state index contributed by atoms with van der Waals surface area (Å²) in [5, 5.41) is 16.8. The van der Waals surface area contributed by atoms with Gasteiger partial charge < -0.3 is 15.5 Å². The number of hydrogen-bond donors (Lipinski definition) is 1. The van der Waals surface area contributed by atoms with Gasteiger partial charge in [-0.25, -0.2) is 4.63 Å². The summed E-state index contributed by atoms with van der Waals surface area (Å²) in [5.41, 5.74) is 13.2. The van der Waals surface area contributed by atoms with Crippen LogP contribution in [0.1, 0.15) is 35.4 Å². The fourth-order valence-corrected chi connectivity index (χ4v) is 5.03. The lowest BCUT2D eigenvalue weighted by atomic mass is 10.0. The second-order valence-electron chi connectivity index (χ2n) is 8.68. The largest absolute Gasteiger partial charge is 0.378 e. The summed E-state index contributed by atoms with van der Waals surface area (Å²) >= 11 is 0. The van der Waals surface area contributed by atoms with E-state index in [-0.39, 0.29) is 5.82 Å². The van der Waals surface area contributed by atoms with Crippen LogP contribution in [-0.2, 0) is 25.9 Å². The predicted molar refractivity (Wildman–Crippen MR) is 125 cm³/mol. The van der Waals surface area contributed by atoms with Gasteiger partial charge in [0.1, 0.15) is 5.69 Å². The highest BCUT2D eigenvalue weighted by atomic mass is 16.6. The number of hydrogen-bond acceptors (Lipinski definition) is 8. The van der Waals surface area contributed by atoms with Gasteiger partial charge in [-0.15, -0.1) is 5.10 Å². The summed E-state index contributed by atoms with van der Waals surface area (Å²) in [5.74, 6) is 0.586. The molecule has 2 N–H and O–H groups in total. The number of fused-ring (bicyclic) bond motifs is 2. The molecule has 2 aromatic carbocycles. The van der Waals surface area contributed by atoms with Crippen molar-refractivity contribution in [1.29, 1.82) is 0 Å². The number of aromatic nitrogens is 5. The van der Waals surface area contributed by atoms with Gasteiger partial charge >= 0.3 is 0 Å². The molecule has 168 valence electrons. The smallest absolute Gasteiger partial charge is 0.243 e. The first-order valence-electron chi connectivity index (χ1n) is 11.5. The van der Waals surface area contributed by atoms with Gasteiger partial charge in [0, 0.05) is 24.5 Å². The third-order valence-electron chi connectivity index (χ3n) is 6.63. The standard InChI is InChI=1S/C24H26N8O/c25-23-24(28-33-27-23)32-22(16-31-14-6-10-18-8-2-4-12-21(18)31)19(26-29-32)15-30-13-5-9-17-7-1-3-11-20(17)30/h1-4,7-8,11-12H,5-6,9-10,13-16H2,(H2,25,27). The van der Waals surface area contributed by atoms with Gasteiger partial charge in [-0.1, -0.05) is 41.6 Å². The maximum absolute atomic E-state index is 6.03. The zero-order chi connectivity index (χ0) is 22.2. The first-order chi connectivity index (χ1) is 16.3. The lowest BCUT2D eigenvalue weighted by molar-refractivity contribution is 0.306. The van der Waals surface area contributed by atoms with E-state index in [0.717, 1.165) is 50.2 Å². The number of para-hydroxylation sites is 2. The molecule has 0 aliphatic carbocycles. The van der Waals surface area contributed by atoms with Gasteiger partial charge in [0.15, 0.2) is 0 Å². The molecule has 9 heteroatoms. The molecule has 33 heavy (non-hydrogen) atoms. The molecule has 0 saturated carbocycles. The minimum atomic E-state index is 0.204. The van der Waals surface area contributed by atoms with E-state index in [1.807, 2.05) is 0 Å². The molecule has 0 unspecified atom stereocenters. The predicted octanol–water partition coefficient (Wildman–Crippen LogP) is 3.14. The van der Waals surface area contributed by atoms with Crippen LogP contribution in [0.2, 0.25) is 0 Å². The van der Waals surface area contributed by atoms with Crippen LogP contribution >= 0.6 is 0 Å². The van der Waals surface area contributed by atoms with Gasteiger partial charge in [0.05, 0.1) is 18.8 Å². The molecular formula is C24H26N8O. The monoisotopic (exact) mass is 442 g/mol. The molecule has 0 spiro atoms.